The van der Waals surface area contributed by atoms with Gasteiger partial charge in [0.25, 0.3) is 0 Å². The maximum absolute atomic E-state index is 13.8. The first-order valence-corrected chi connectivity index (χ1v) is 14.7. The fourth-order valence-corrected chi connectivity index (χ4v) is 6.38. The molecule has 2 aliphatic rings. The van der Waals surface area contributed by atoms with Crippen molar-refractivity contribution in [1.29, 1.82) is 0 Å². The molecule has 30 heavy (non-hydrogen) atoms. The van der Waals surface area contributed by atoms with Crippen molar-refractivity contribution in [2.45, 2.75) is 51.6 Å². The highest BCUT2D eigenvalue weighted by molar-refractivity contribution is 7.90. The number of rotatable bonds is 7. The number of ether oxygens (including phenoxy) is 1. The number of para-hydroxylation sites is 1. The predicted molar refractivity (Wildman–Crippen MR) is 117 cm³/mol. The number of carbonyl (C=O) groups excluding carboxylic acids is 1. The van der Waals surface area contributed by atoms with Gasteiger partial charge in [-0.3, -0.25) is 4.79 Å². The Morgan fingerprint density at radius 1 is 0.933 bits per heavy atom. The molecule has 8 heteroatoms. The molecule has 0 spiro atoms. The van der Waals surface area contributed by atoms with Gasteiger partial charge in [-0.1, -0.05) is 31.9 Å². The average Bonchev–Trinajstić information content (AvgIpc) is 2.66. The van der Waals surface area contributed by atoms with Gasteiger partial charge in [0.2, 0.25) is 0 Å². The van der Waals surface area contributed by atoms with E-state index in [0.717, 1.165) is 38.2 Å². The monoisotopic (exact) mass is 456 g/mol. The van der Waals surface area contributed by atoms with Crippen molar-refractivity contribution in [2.24, 2.45) is 17.3 Å². The van der Waals surface area contributed by atoms with Crippen LogP contribution in [0.1, 0.15) is 55.8 Å². The van der Waals surface area contributed by atoms with E-state index in [1.165, 1.54) is 0 Å². The lowest BCUT2D eigenvalue weighted by molar-refractivity contribution is -0.0185. The Hall–Kier alpha value is -1.41. The smallest absolute Gasteiger partial charge is 0.176 e. The Labute approximate surface area is 180 Å². The molecule has 1 aliphatic heterocycles. The van der Waals surface area contributed by atoms with Gasteiger partial charge in [0, 0.05) is 12.5 Å². The Balaban J connectivity index is 2.08. The van der Waals surface area contributed by atoms with E-state index >= 15 is 0 Å². The highest BCUT2D eigenvalue weighted by atomic mass is 32.2. The first kappa shape index (κ1) is 23.3. The van der Waals surface area contributed by atoms with Gasteiger partial charge < -0.3 is 4.74 Å². The van der Waals surface area contributed by atoms with Gasteiger partial charge in [-0.2, -0.15) is 0 Å². The Morgan fingerprint density at radius 3 is 2.00 bits per heavy atom. The van der Waals surface area contributed by atoms with Crippen LogP contribution in [0.4, 0.5) is 0 Å². The van der Waals surface area contributed by atoms with Crippen LogP contribution in [0.3, 0.4) is 0 Å². The fourth-order valence-electron chi connectivity index (χ4n) is 4.91. The van der Waals surface area contributed by atoms with Gasteiger partial charge in [-0.25, -0.2) is 16.8 Å². The van der Waals surface area contributed by atoms with E-state index in [2.05, 4.69) is 6.92 Å². The Bertz CT molecular complexity index is 952. The molecule has 168 valence electrons. The van der Waals surface area contributed by atoms with E-state index in [9.17, 15) is 21.6 Å². The SMILES string of the molecule is CC1CCC(C2Oc3ccccc3C(=O)C2(CCS(C)(=O)=O)CCS(C)(=O)=O)CC1. The number of sulfone groups is 2. The minimum absolute atomic E-state index is 0.0746. The number of benzene rings is 1. The molecule has 1 aliphatic carbocycles. The van der Waals surface area contributed by atoms with Gasteiger partial charge in [0.05, 0.1) is 22.5 Å². The summed E-state index contributed by atoms with van der Waals surface area (Å²) in [5, 5.41) is 0. The number of fused-ring (bicyclic) bond motifs is 1. The molecule has 0 radical (unpaired) electrons. The van der Waals surface area contributed by atoms with E-state index in [-0.39, 0.29) is 36.0 Å². The summed E-state index contributed by atoms with van der Waals surface area (Å²) in [4.78, 5) is 13.8. The average molecular weight is 457 g/mol. The Kier molecular flexibility index (Phi) is 6.68. The molecular weight excluding hydrogens is 424 g/mol. The number of hydrogen-bond donors (Lipinski definition) is 0. The second kappa shape index (κ2) is 8.61. The van der Waals surface area contributed by atoms with Gasteiger partial charge >= 0.3 is 0 Å². The van der Waals surface area contributed by atoms with Crippen LogP contribution < -0.4 is 4.74 Å². The Morgan fingerprint density at radius 2 is 1.47 bits per heavy atom. The molecule has 0 amide bonds. The minimum atomic E-state index is -3.34. The summed E-state index contributed by atoms with van der Waals surface area (Å²) >= 11 is 0. The van der Waals surface area contributed by atoms with Crippen LogP contribution >= 0.6 is 0 Å². The molecule has 1 aromatic rings. The third-order valence-corrected chi connectivity index (χ3v) is 8.60. The normalized spacial score (nSPS) is 26.6. The maximum atomic E-state index is 13.8. The van der Waals surface area contributed by atoms with E-state index in [1.807, 2.05) is 6.07 Å². The molecule has 3 rings (SSSR count). The van der Waals surface area contributed by atoms with Gasteiger partial charge in [0.1, 0.15) is 31.5 Å². The van der Waals surface area contributed by atoms with Crippen LogP contribution in [0.5, 0.6) is 5.75 Å². The molecule has 0 bridgehead atoms. The molecule has 1 heterocycles. The summed E-state index contributed by atoms with van der Waals surface area (Å²) < 4.78 is 54.5. The fraction of sp³-hybridized carbons (Fsp3) is 0.682. The molecule has 1 aromatic carbocycles. The summed E-state index contributed by atoms with van der Waals surface area (Å²) in [6.07, 6.45) is 5.75. The van der Waals surface area contributed by atoms with Crippen molar-refractivity contribution in [3.05, 3.63) is 29.8 Å². The molecule has 0 N–H and O–H groups in total. The van der Waals surface area contributed by atoms with E-state index in [1.54, 1.807) is 18.2 Å². The maximum Gasteiger partial charge on any atom is 0.176 e. The summed E-state index contributed by atoms with van der Waals surface area (Å²) in [5.74, 6) is 0.689. The molecule has 1 fully saturated rings. The second-order valence-electron chi connectivity index (χ2n) is 9.30. The van der Waals surface area contributed by atoms with Gasteiger partial charge in [0.15, 0.2) is 5.78 Å². The van der Waals surface area contributed by atoms with Crippen LogP contribution in [0.2, 0.25) is 0 Å². The van der Waals surface area contributed by atoms with Crippen molar-refractivity contribution in [3.8, 4) is 5.75 Å². The standard InChI is InChI=1S/C22H32O6S2/c1-16-8-10-17(11-9-16)21-22(12-14-29(2,24)25,13-15-30(3,26)27)20(23)18-6-4-5-7-19(18)28-21/h4-7,16-17,21H,8-15H2,1-3H3. The first-order valence-electron chi connectivity index (χ1n) is 10.6. The molecule has 0 saturated heterocycles. The zero-order chi connectivity index (χ0) is 22.2. The largest absolute Gasteiger partial charge is 0.488 e. The van der Waals surface area contributed by atoms with Crippen LogP contribution in [0, 0.1) is 17.3 Å². The highest BCUT2D eigenvalue weighted by Gasteiger charge is 2.54. The van der Waals surface area contributed by atoms with E-state index in [0.29, 0.717) is 17.2 Å². The van der Waals surface area contributed by atoms with Crippen LogP contribution in [0.15, 0.2) is 24.3 Å². The highest BCUT2D eigenvalue weighted by Crippen LogP contribution is 2.49. The molecule has 1 atom stereocenters. The second-order valence-corrected chi connectivity index (χ2v) is 13.8. The molecule has 1 saturated carbocycles. The van der Waals surface area contributed by atoms with Gasteiger partial charge in [-0.05, 0) is 49.7 Å². The van der Waals surface area contributed by atoms with Crippen LogP contribution in [-0.4, -0.2) is 52.7 Å². The summed E-state index contributed by atoms with van der Waals surface area (Å²) in [7, 11) is -6.67. The number of Topliss-reactive ketones (excluding diaryl/α,β-unsaturated/α-hetero) is 1. The van der Waals surface area contributed by atoms with Crippen molar-refractivity contribution >= 4 is 25.5 Å². The topological polar surface area (TPSA) is 94.6 Å². The summed E-state index contributed by atoms with van der Waals surface area (Å²) in [5.41, 5.74) is -0.744. The predicted octanol–water partition coefficient (Wildman–Crippen LogP) is 3.31. The number of ketones is 1. The van der Waals surface area contributed by atoms with Crippen LogP contribution in [0.25, 0.3) is 0 Å². The lowest BCUT2D eigenvalue weighted by Gasteiger charge is -2.48. The quantitative estimate of drug-likeness (QED) is 0.625. The zero-order valence-electron chi connectivity index (χ0n) is 18.0. The van der Waals surface area contributed by atoms with Crippen molar-refractivity contribution in [3.63, 3.8) is 0 Å². The molecule has 1 unspecified atom stereocenters. The first-order chi connectivity index (χ1) is 13.9. The van der Waals surface area contributed by atoms with E-state index < -0.39 is 31.2 Å². The number of carbonyl (C=O) groups is 1. The summed E-state index contributed by atoms with van der Waals surface area (Å²) in [6.45, 7) is 2.21. The molecular formula is C22H32O6S2. The molecule has 6 nitrogen and oxygen atoms in total. The van der Waals surface area contributed by atoms with Crippen molar-refractivity contribution in [1.82, 2.24) is 0 Å². The van der Waals surface area contributed by atoms with E-state index in [4.69, 9.17) is 4.74 Å². The van der Waals surface area contributed by atoms with Crippen LogP contribution in [-0.2, 0) is 19.7 Å². The summed E-state index contributed by atoms with van der Waals surface area (Å²) in [6, 6.07) is 7.02. The third-order valence-electron chi connectivity index (χ3n) is 6.71. The van der Waals surface area contributed by atoms with Crippen molar-refractivity contribution < 1.29 is 26.4 Å². The lowest BCUT2D eigenvalue weighted by Crippen LogP contribution is -2.54. The zero-order valence-corrected chi connectivity index (χ0v) is 19.6. The molecule has 0 aromatic heterocycles. The van der Waals surface area contributed by atoms with Crippen molar-refractivity contribution in [2.75, 3.05) is 24.0 Å². The third kappa shape index (κ3) is 5.25. The number of hydrogen-bond acceptors (Lipinski definition) is 6. The minimum Gasteiger partial charge on any atom is -0.488 e. The lowest BCUT2D eigenvalue weighted by atomic mass is 9.63. The van der Waals surface area contributed by atoms with Gasteiger partial charge in [-0.15, -0.1) is 0 Å².